The molecule has 0 aliphatic carbocycles. The summed E-state index contributed by atoms with van der Waals surface area (Å²) in [5.41, 5.74) is 2.03. The maximum Gasteiger partial charge on any atom is 0.228 e. The number of carbonyl (C=O) groups excluding carboxylic acids is 1. The molecule has 2 bridgehead atoms. The van der Waals surface area contributed by atoms with Crippen LogP contribution in [0.3, 0.4) is 0 Å². The quantitative estimate of drug-likeness (QED) is 0.814. The zero-order valence-corrected chi connectivity index (χ0v) is 16.3. The number of fused-ring (bicyclic) bond motifs is 2. The normalized spacial score (nSPS) is 31.9. The Bertz CT molecular complexity index is 843. The number of halogens is 1. The largest absolute Gasteiger partial charge is 0.337 e. The first-order valence-electron chi connectivity index (χ1n) is 9.80. The van der Waals surface area contributed by atoms with Crippen LogP contribution in [0.2, 0.25) is 0 Å². The van der Waals surface area contributed by atoms with Gasteiger partial charge in [0.05, 0.1) is 23.2 Å². The molecule has 1 aromatic heterocycles. The molecule has 6 heteroatoms. The van der Waals surface area contributed by atoms with E-state index >= 15 is 0 Å². The molecule has 1 amide bonds. The summed E-state index contributed by atoms with van der Waals surface area (Å²) in [6.07, 6.45) is 2.74. The molecule has 2 aromatic rings. The van der Waals surface area contributed by atoms with Crippen molar-refractivity contribution in [2.45, 2.75) is 44.2 Å². The highest BCUT2D eigenvalue weighted by Crippen LogP contribution is 2.46. The predicted molar refractivity (Wildman–Crippen MR) is 103 cm³/mol. The monoisotopic (exact) mass is 385 g/mol. The Kier molecular flexibility index (Phi) is 4.28. The summed E-state index contributed by atoms with van der Waals surface area (Å²) in [5.74, 6) is 0.839. The summed E-state index contributed by atoms with van der Waals surface area (Å²) < 4.78 is 13.4. The Labute approximate surface area is 163 Å². The maximum absolute atomic E-state index is 13.4. The van der Waals surface area contributed by atoms with E-state index in [0.717, 1.165) is 35.9 Å². The van der Waals surface area contributed by atoms with Crippen LogP contribution in [0.4, 0.5) is 4.39 Å². The summed E-state index contributed by atoms with van der Waals surface area (Å²) in [6.45, 7) is 4.95. The number of benzene rings is 1. The van der Waals surface area contributed by atoms with Crippen LogP contribution in [-0.4, -0.2) is 52.4 Å². The van der Waals surface area contributed by atoms with E-state index in [0.29, 0.717) is 18.4 Å². The van der Waals surface area contributed by atoms with Crippen LogP contribution in [0.15, 0.2) is 29.6 Å². The van der Waals surface area contributed by atoms with Crippen molar-refractivity contribution in [3.8, 4) is 0 Å². The van der Waals surface area contributed by atoms with Gasteiger partial charge in [0, 0.05) is 23.9 Å². The number of amides is 1. The summed E-state index contributed by atoms with van der Waals surface area (Å²) in [4.78, 5) is 22.4. The lowest BCUT2D eigenvalue weighted by molar-refractivity contribution is -0.135. The van der Waals surface area contributed by atoms with E-state index in [2.05, 4.69) is 14.8 Å². The van der Waals surface area contributed by atoms with E-state index in [9.17, 15) is 9.18 Å². The second-order valence-corrected chi connectivity index (χ2v) is 9.16. The Hall–Kier alpha value is -1.79. The number of likely N-dealkylation sites (tertiary alicyclic amines) is 1. The third kappa shape index (κ3) is 2.99. The molecule has 0 radical (unpaired) electrons. The highest BCUT2D eigenvalue weighted by Gasteiger charge is 2.54. The van der Waals surface area contributed by atoms with Crippen molar-refractivity contribution < 1.29 is 9.18 Å². The molecule has 4 saturated heterocycles. The van der Waals surface area contributed by atoms with Gasteiger partial charge in [-0.15, -0.1) is 11.3 Å². The first-order valence-corrected chi connectivity index (χ1v) is 10.7. The Morgan fingerprint density at radius 3 is 2.63 bits per heavy atom. The molecule has 6 rings (SSSR count). The zero-order chi connectivity index (χ0) is 18.5. The van der Waals surface area contributed by atoms with Crippen LogP contribution in [0.1, 0.15) is 35.0 Å². The summed E-state index contributed by atoms with van der Waals surface area (Å²) >= 11 is 1.60. The SMILES string of the molecule is Cc1nc(CC(=O)N2C[C@H](c3ccc(F)cc3)[C@H]3[C@@H]2C2CCN3CC2)cs1. The maximum atomic E-state index is 13.4. The van der Waals surface area contributed by atoms with E-state index in [1.54, 1.807) is 23.5 Å². The van der Waals surface area contributed by atoms with Crippen LogP contribution in [-0.2, 0) is 11.2 Å². The molecule has 27 heavy (non-hydrogen) atoms. The van der Waals surface area contributed by atoms with Crippen molar-refractivity contribution in [2.75, 3.05) is 19.6 Å². The van der Waals surface area contributed by atoms with E-state index in [-0.39, 0.29) is 23.7 Å². The number of rotatable bonds is 3. The Morgan fingerprint density at radius 1 is 1.22 bits per heavy atom. The molecule has 0 unspecified atom stereocenters. The van der Waals surface area contributed by atoms with Gasteiger partial charge in [-0.1, -0.05) is 12.1 Å². The van der Waals surface area contributed by atoms with Gasteiger partial charge in [-0.3, -0.25) is 9.69 Å². The van der Waals surface area contributed by atoms with Crippen molar-refractivity contribution >= 4 is 17.2 Å². The first-order chi connectivity index (χ1) is 13.1. The molecular formula is C21H24FN3OS. The van der Waals surface area contributed by atoms with E-state index in [1.807, 2.05) is 24.4 Å². The predicted octanol–water partition coefficient (Wildman–Crippen LogP) is 3.22. The average molecular weight is 386 g/mol. The lowest BCUT2D eigenvalue weighted by atomic mass is 9.75. The molecule has 4 fully saturated rings. The van der Waals surface area contributed by atoms with Gasteiger partial charge in [-0.05, 0) is 56.5 Å². The summed E-state index contributed by atoms with van der Waals surface area (Å²) in [6, 6.07) is 7.54. The topological polar surface area (TPSA) is 36.4 Å². The van der Waals surface area contributed by atoms with Crippen LogP contribution < -0.4 is 0 Å². The van der Waals surface area contributed by atoms with Gasteiger partial charge >= 0.3 is 0 Å². The smallest absolute Gasteiger partial charge is 0.228 e. The van der Waals surface area contributed by atoms with Gasteiger partial charge in [0.15, 0.2) is 0 Å². The Morgan fingerprint density at radius 2 is 1.96 bits per heavy atom. The third-order valence-corrected chi connectivity index (χ3v) is 7.43. The second-order valence-electron chi connectivity index (χ2n) is 8.09. The van der Waals surface area contributed by atoms with Gasteiger partial charge in [-0.25, -0.2) is 9.37 Å². The third-order valence-electron chi connectivity index (χ3n) is 6.61. The Balaban J connectivity index is 1.45. The minimum absolute atomic E-state index is 0.189. The molecule has 4 nitrogen and oxygen atoms in total. The number of aromatic nitrogens is 1. The number of thiazole rings is 1. The fraction of sp³-hybridized carbons (Fsp3) is 0.524. The molecule has 5 heterocycles. The highest BCUT2D eigenvalue weighted by atomic mass is 32.1. The van der Waals surface area contributed by atoms with Crippen LogP contribution in [0, 0.1) is 18.7 Å². The van der Waals surface area contributed by atoms with Crippen molar-refractivity contribution in [1.29, 1.82) is 0 Å². The van der Waals surface area contributed by atoms with E-state index in [4.69, 9.17) is 0 Å². The molecule has 4 aliphatic rings. The second kappa shape index (κ2) is 6.67. The fourth-order valence-electron chi connectivity index (χ4n) is 5.45. The lowest BCUT2D eigenvalue weighted by Crippen LogP contribution is -2.60. The highest BCUT2D eigenvalue weighted by molar-refractivity contribution is 7.09. The van der Waals surface area contributed by atoms with Crippen LogP contribution in [0.5, 0.6) is 0 Å². The zero-order valence-electron chi connectivity index (χ0n) is 15.5. The lowest BCUT2D eigenvalue weighted by Gasteiger charge is -2.51. The van der Waals surface area contributed by atoms with Crippen molar-refractivity contribution in [2.24, 2.45) is 5.92 Å². The summed E-state index contributed by atoms with van der Waals surface area (Å²) in [5, 5.41) is 3.00. The molecule has 1 aromatic carbocycles. The summed E-state index contributed by atoms with van der Waals surface area (Å²) in [7, 11) is 0. The van der Waals surface area contributed by atoms with E-state index < -0.39 is 0 Å². The minimum atomic E-state index is -0.203. The van der Waals surface area contributed by atoms with Gasteiger partial charge in [0.1, 0.15) is 5.82 Å². The van der Waals surface area contributed by atoms with Crippen LogP contribution >= 0.6 is 11.3 Å². The molecule has 0 N–H and O–H groups in total. The fourth-order valence-corrected chi connectivity index (χ4v) is 6.07. The number of hydrogen-bond acceptors (Lipinski definition) is 4. The first kappa shape index (κ1) is 17.3. The van der Waals surface area contributed by atoms with Crippen molar-refractivity contribution in [3.05, 3.63) is 51.7 Å². The number of carbonyl (C=O) groups is 1. The molecule has 3 atom stereocenters. The van der Waals surface area contributed by atoms with E-state index in [1.165, 1.54) is 12.8 Å². The molecule has 4 aliphatic heterocycles. The molecule has 142 valence electrons. The standard InChI is InChI=1S/C21H24FN3OS/c1-13-23-17(12-27-13)10-19(26)25-11-18(14-2-4-16(22)5-3-14)21-20(25)15-6-8-24(21)9-7-15/h2-5,12,15,18,20-21H,6-11H2,1H3/t18-,20+,21+/m1/s1. The molecular weight excluding hydrogens is 361 g/mol. The molecule has 0 spiro atoms. The van der Waals surface area contributed by atoms with Crippen LogP contribution in [0.25, 0.3) is 0 Å². The number of hydrogen-bond donors (Lipinski definition) is 0. The molecule has 0 saturated carbocycles. The number of nitrogens with zero attached hydrogens (tertiary/aromatic N) is 3. The van der Waals surface area contributed by atoms with Gasteiger partial charge in [0.25, 0.3) is 0 Å². The van der Waals surface area contributed by atoms with Gasteiger partial charge in [0.2, 0.25) is 5.91 Å². The van der Waals surface area contributed by atoms with Gasteiger partial charge < -0.3 is 4.90 Å². The average Bonchev–Trinajstić information content (AvgIpc) is 3.28. The van der Waals surface area contributed by atoms with Crippen molar-refractivity contribution in [3.63, 3.8) is 0 Å². The number of aryl methyl sites for hydroxylation is 1. The minimum Gasteiger partial charge on any atom is -0.337 e. The van der Waals surface area contributed by atoms with Gasteiger partial charge in [-0.2, -0.15) is 0 Å². The number of piperidine rings is 3. The van der Waals surface area contributed by atoms with Crippen molar-refractivity contribution in [1.82, 2.24) is 14.8 Å².